The van der Waals surface area contributed by atoms with Crippen LogP contribution in [0.5, 0.6) is 0 Å². The number of rotatable bonds is 7. The van der Waals surface area contributed by atoms with E-state index in [1.165, 1.54) is 4.57 Å². The first-order valence-electron chi connectivity index (χ1n) is 13.3. The lowest BCUT2D eigenvalue weighted by molar-refractivity contribution is -0.122. The molecule has 3 aromatic rings. The molecule has 1 aromatic heterocycles. The van der Waals surface area contributed by atoms with Crippen LogP contribution in [0.15, 0.2) is 47.3 Å². The summed E-state index contributed by atoms with van der Waals surface area (Å²) in [6.45, 7) is 5.35. The van der Waals surface area contributed by atoms with Gasteiger partial charge in [-0.1, -0.05) is 29.8 Å². The van der Waals surface area contributed by atoms with Crippen LogP contribution in [-0.2, 0) is 11.3 Å². The van der Waals surface area contributed by atoms with Crippen LogP contribution in [0.1, 0.15) is 51.0 Å². The van der Waals surface area contributed by atoms with Gasteiger partial charge in [0, 0.05) is 49.1 Å². The normalized spacial score (nSPS) is 21.4. The number of halogens is 3. The molecule has 1 N–H and O–H groups in total. The van der Waals surface area contributed by atoms with Gasteiger partial charge in [-0.15, -0.1) is 0 Å². The smallest absolute Gasteiger partial charge is 0.262 e. The van der Waals surface area contributed by atoms with Crippen molar-refractivity contribution in [3.63, 3.8) is 0 Å². The summed E-state index contributed by atoms with van der Waals surface area (Å²) in [6, 6.07) is 12.8. The summed E-state index contributed by atoms with van der Waals surface area (Å²) >= 11 is 6.21. The van der Waals surface area contributed by atoms with Gasteiger partial charge in [-0.2, -0.15) is 0 Å². The number of aromatic nitrogens is 2. The third-order valence-electron chi connectivity index (χ3n) is 7.62. The summed E-state index contributed by atoms with van der Waals surface area (Å²) in [7, 11) is 0. The Morgan fingerprint density at radius 2 is 1.89 bits per heavy atom. The van der Waals surface area contributed by atoms with E-state index in [1.807, 2.05) is 38.1 Å². The Balaban J connectivity index is 1.39. The van der Waals surface area contributed by atoms with Crippen LogP contribution in [-0.4, -0.2) is 52.0 Å². The molecule has 1 saturated heterocycles. The average molecular weight is 543 g/mol. The number of carbonyl (C=O) groups is 1. The van der Waals surface area contributed by atoms with Crippen molar-refractivity contribution in [3.8, 4) is 11.4 Å². The Bertz CT molecular complexity index is 1390. The highest BCUT2D eigenvalue weighted by Crippen LogP contribution is 2.43. The number of likely N-dealkylation sites (tertiary alicyclic amines) is 1. The molecule has 0 atom stereocenters. The Hall–Kier alpha value is -2.84. The van der Waals surface area contributed by atoms with Crippen LogP contribution in [0.3, 0.4) is 0 Å². The van der Waals surface area contributed by atoms with Crippen molar-refractivity contribution in [2.45, 2.75) is 64.0 Å². The molecule has 2 heterocycles. The summed E-state index contributed by atoms with van der Waals surface area (Å²) in [5.41, 5.74) is 2.04. The van der Waals surface area contributed by atoms with Crippen molar-refractivity contribution in [1.29, 1.82) is 0 Å². The number of benzene rings is 2. The van der Waals surface area contributed by atoms with Gasteiger partial charge in [-0.05, 0) is 68.4 Å². The number of hydrogen-bond acceptors (Lipinski definition) is 4. The molecule has 1 amide bonds. The molecule has 0 spiro atoms. The minimum absolute atomic E-state index is 0.0548. The molecule has 1 saturated carbocycles. The van der Waals surface area contributed by atoms with Crippen LogP contribution in [0.2, 0.25) is 5.02 Å². The molecule has 2 aromatic carbocycles. The summed E-state index contributed by atoms with van der Waals surface area (Å²) in [6.07, 6.45) is 1.83. The van der Waals surface area contributed by atoms with Gasteiger partial charge in [-0.3, -0.25) is 14.2 Å². The van der Waals surface area contributed by atoms with Gasteiger partial charge in [0.1, 0.15) is 12.4 Å². The van der Waals surface area contributed by atoms with Crippen LogP contribution in [0, 0.1) is 5.92 Å². The Kier molecular flexibility index (Phi) is 7.56. The van der Waals surface area contributed by atoms with E-state index in [0.717, 1.165) is 24.9 Å². The third-order valence-corrected chi connectivity index (χ3v) is 7.86. The monoisotopic (exact) mass is 542 g/mol. The highest BCUT2D eigenvalue weighted by atomic mass is 35.5. The number of fused-ring (bicyclic) bond motifs is 1. The van der Waals surface area contributed by atoms with Gasteiger partial charge in [0.25, 0.3) is 11.5 Å². The van der Waals surface area contributed by atoms with Gasteiger partial charge >= 0.3 is 0 Å². The van der Waals surface area contributed by atoms with Crippen LogP contribution < -0.4 is 10.9 Å². The first-order chi connectivity index (χ1) is 18.1. The van der Waals surface area contributed by atoms with Crippen molar-refractivity contribution in [2.24, 2.45) is 5.92 Å². The number of carbonyl (C=O) groups excluding carboxylic acids is 1. The second-order valence-corrected chi connectivity index (χ2v) is 11.5. The molecule has 9 heteroatoms. The molecule has 0 bridgehead atoms. The largest absolute Gasteiger partial charge is 0.352 e. The average Bonchev–Trinajstić information content (AvgIpc) is 2.83. The van der Waals surface area contributed by atoms with Crippen LogP contribution >= 0.6 is 11.6 Å². The van der Waals surface area contributed by atoms with E-state index in [1.54, 1.807) is 18.2 Å². The number of amides is 1. The zero-order valence-corrected chi connectivity index (χ0v) is 22.5. The Labute approximate surface area is 226 Å². The van der Waals surface area contributed by atoms with Crippen molar-refractivity contribution < 1.29 is 13.6 Å². The van der Waals surface area contributed by atoms with Gasteiger partial charge in [0.2, 0.25) is 5.91 Å². The first-order valence-corrected chi connectivity index (χ1v) is 13.7. The summed E-state index contributed by atoms with van der Waals surface area (Å²) in [4.78, 5) is 33.3. The Morgan fingerprint density at radius 1 is 1.16 bits per heavy atom. The fourth-order valence-electron chi connectivity index (χ4n) is 5.58. The van der Waals surface area contributed by atoms with E-state index in [4.69, 9.17) is 16.6 Å². The van der Waals surface area contributed by atoms with E-state index >= 15 is 0 Å². The predicted molar refractivity (Wildman–Crippen MR) is 146 cm³/mol. The molecule has 0 radical (unpaired) electrons. The van der Waals surface area contributed by atoms with Crippen LogP contribution in [0.25, 0.3) is 22.3 Å². The zero-order valence-electron chi connectivity index (χ0n) is 21.7. The summed E-state index contributed by atoms with van der Waals surface area (Å²) in [5.74, 6) is -1.60. The Morgan fingerprint density at radius 3 is 2.58 bits per heavy atom. The van der Waals surface area contributed by atoms with E-state index in [0.29, 0.717) is 52.2 Å². The second-order valence-electron chi connectivity index (χ2n) is 11.0. The molecule has 2 fully saturated rings. The number of alkyl halides is 2. The lowest BCUT2D eigenvalue weighted by Crippen LogP contribution is -2.43. The van der Waals surface area contributed by atoms with E-state index in [2.05, 4.69) is 10.2 Å². The highest BCUT2D eigenvalue weighted by molar-refractivity contribution is 6.30. The van der Waals surface area contributed by atoms with Crippen molar-refractivity contribution >= 4 is 28.4 Å². The highest BCUT2D eigenvalue weighted by Gasteiger charge is 2.37. The zero-order chi connectivity index (χ0) is 27.0. The number of piperidine rings is 1. The first kappa shape index (κ1) is 26.8. The maximum atomic E-state index is 13.7. The molecule has 202 valence electrons. The van der Waals surface area contributed by atoms with E-state index in [-0.39, 0.29) is 36.9 Å². The minimum Gasteiger partial charge on any atom is -0.352 e. The van der Waals surface area contributed by atoms with Gasteiger partial charge in [-0.25, -0.2) is 13.8 Å². The fourth-order valence-corrected chi connectivity index (χ4v) is 5.77. The second kappa shape index (κ2) is 10.7. The molecule has 38 heavy (non-hydrogen) atoms. The van der Waals surface area contributed by atoms with Crippen molar-refractivity contribution in [3.05, 3.63) is 63.4 Å². The van der Waals surface area contributed by atoms with E-state index < -0.39 is 5.92 Å². The molecule has 5 rings (SSSR count). The molecular weight excluding hydrogens is 510 g/mol. The minimum atomic E-state index is -2.52. The SMILES string of the molecule is CC(C)NC(=O)Cn1c(-c2cccc(Cl)c2)nc2ccc([C@H]3C[C@H](CN4CCC(F)(F)CC4)C3)cc2c1=O. The van der Waals surface area contributed by atoms with Crippen molar-refractivity contribution in [2.75, 3.05) is 19.6 Å². The van der Waals surface area contributed by atoms with Gasteiger partial charge in [0.15, 0.2) is 0 Å². The third kappa shape index (κ3) is 5.91. The molecule has 6 nitrogen and oxygen atoms in total. The van der Waals surface area contributed by atoms with Crippen molar-refractivity contribution in [1.82, 2.24) is 19.8 Å². The topological polar surface area (TPSA) is 67.2 Å². The fraction of sp³-hybridized carbons (Fsp3) is 0.483. The molecule has 1 aliphatic heterocycles. The lowest BCUT2D eigenvalue weighted by Gasteiger charge is -2.41. The van der Waals surface area contributed by atoms with Crippen LogP contribution in [0.4, 0.5) is 8.78 Å². The lowest BCUT2D eigenvalue weighted by atomic mass is 9.71. The number of nitrogens with one attached hydrogen (secondary N) is 1. The van der Waals surface area contributed by atoms with E-state index in [9.17, 15) is 18.4 Å². The maximum absolute atomic E-state index is 13.7. The quantitative estimate of drug-likeness (QED) is 0.430. The predicted octanol–water partition coefficient (Wildman–Crippen LogP) is 5.47. The molecular formula is C29H33ClF2N4O2. The molecule has 0 unspecified atom stereocenters. The summed E-state index contributed by atoms with van der Waals surface area (Å²) in [5, 5.41) is 3.84. The standard InChI is InChI=1S/C29H33ClF2N4O2/c1-18(2)33-26(37)17-36-27(21-4-3-5-23(30)14-21)34-25-7-6-20(15-24(25)28(36)38)22-12-19(13-22)16-35-10-8-29(31,32)9-11-35/h3-7,14-15,18-19,22H,8-13,16-17H2,1-2H3,(H,33,37)/t19-,22-. The maximum Gasteiger partial charge on any atom is 0.262 e. The number of hydrogen-bond donors (Lipinski definition) is 1. The number of nitrogens with zero attached hydrogens (tertiary/aromatic N) is 3. The molecule has 2 aliphatic rings. The summed E-state index contributed by atoms with van der Waals surface area (Å²) < 4.78 is 28.3. The molecule has 1 aliphatic carbocycles. The van der Waals surface area contributed by atoms with Gasteiger partial charge in [0.05, 0.1) is 10.9 Å². The van der Waals surface area contributed by atoms with Gasteiger partial charge < -0.3 is 10.2 Å².